The standard InChI is InChI=1S/C29H21N3O5S/c1-37-29(34)21-13-15-26(20-9-4-3-8-19(20)21)32(38(35)36)25-12-6-10-23-22(25)14-16-27(30-23)31-24-11-5-2-7-18(24)17-28(31)33/h2-16H,17H2,1H3,(H,35,36). The average Bonchev–Trinajstić information content (AvgIpc) is 3.28. The molecule has 1 unspecified atom stereocenters. The van der Waals surface area contributed by atoms with Gasteiger partial charge in [-0.3, -0.25) is 14.2 Å². The Balaban J connectivity index is 1.50. The minimum atomic E-state index is -2.45. The summed E-state index contributed by atoms with van der Waals surface area (Å²) in [5.41, 5.74) is 3.55. The molecule has 188 valence electrons. The van der Waals surface area contributed by atoms with Crippen molar-refractivity contribution in [2.45, 2.75) is 6.42 Å². The van der Waals surface area contributed by atoms with Crippen LogP contribution in [0.25, 0.3) is 21.7 Å². The Morgan fingerprint density at radius 1 is 0.895 bits per heavy atom. The highest BCUT2D eigenvalue weighted by molar-refractivity contribution is 7.81. The molecule has 0 radical (unpaired) electrons. The van der Waals surface area contributed by atoms with Gasteiger partial charge in [-0.05, 0) is 53.4 Å². The first-order chi connectivity index (χ1) is 18.5. The summed E-state index contributed by atoms with van der Waals surface area (Å²) in [5, 5.41) is 1.83. The van der Waals surface area contributed by atoms with Crippen LogP contribution in [0.2, 0.25) is 0 Å². The lowest BCUT2D eigenvalue weighted by Crippen LogP contribution is -2.22. The maximum Gasteiger partial charge on any atom is 0.338 e. The van der Waals surface area contributed by atoms with Gasteiger partial charge in [0.1, 0.15) is 5.82 Å². The van der Waals surface area contributed by atoms with Gasteiger partial charge in [-0.1, -0.05) is 48.5 Å². The van der Waals surface area contributed by atoms with E-state index in [1.807, 2.05) is 24.3 Å². The number of hydrogen-bond donors (Lipinski definition) is 1. The third kappa shape index (κ3) is 3.80. The zero-order valence-electron chi connectivity index (χ0n) is 20.2. The molecular weight excluding hydrogens is 502 g/mol. The van der Waals surface area contributed by atoms with Crippen LogP contribution in [0.15, 0.2) is 91.0 Å². The Morgan fingerprint density at radius 2 is 1.63 bits per heavy atom. The number of esters is 1. The Bertz CT molecular complexity index is 1790. The zero-order chi connectivity index (χ0) is 26.4. The number of carbonyl (C=O) groups is 2. The number of anilines is 4. The Morgan fingerprint density at radius 3 is 2.42 bits per heavy atom. The number of hydrogen-bond acceptors (Lipinski definition) is 5. The first-order valence-corrected chi connectivity index (χ1v) is 12.9. The molecule has 38 heavy (non-hydrogen) atoms. The third-order valence-electron chi connectivity index (χ3n) is 6.65. The van der Waals surface area contributed by atoms with E-state index in [4.69, 9.17) is 9.72 Å². The first kappa shape index (κ1) is 23.8. The van der Waals surface area contributed by atoms with Crippen LogP contribution in [-0.4, -0.2) is 32.7 Å². The highest BCUT2D eigenvalue weighted by atomic mass is 32.2. The second-order valence-electron chi connectivity index (χ2n) is 8.74. The molecule has 0 fully saturated rings. The predicted octanol–water partition coefficient (Wildman–Crippen LogP) is 5.67. The van der Waals surface area contributed by atoms with E-state index in [1.54, 1.807) is 71.6 Å². The Labute approximate surface area is 220 Å². The van der Waals surface area contributed by atoms with Gasteiger partial charge < -0.3 is 4.74 Å². The SMILES string of the molecule is COC(=O)c1ccc(N(c2cccc3nc(N4C(=O)Cc5ccccc54)ccc23)S(=O)O)c2ccccc12. The lowest BCUT2D eigenvalue weighted by Gasteiger charge is -2.24. The summed E-state index contributed by atoms with van der Waals surface area (Å²) in [7, 11) is 1.31. The zero-order valence-corrected chi connectivity index (χ0v) is 21.0. The molecule has 6 rings (SSSR count). The minimum absolute atomic E-state index is 0.0653. The van der Waals surface area contributed by atoms with Crippen molar-refractivity contribution in [2.75, 3.05) is 16.3 Å². The molecule has 1 amide bonds. The van der Waals surface area contributed by atoms with Gasteiger partial charge >= 0.3 is 5.97 Å². The van der Waals surface area contributed by atoms with Crippen molar-refractivity contribution in [1.29, 1.82) is 0 Å². The van der Waals surface area contributed by atoms with Crippen LogP contribution in [-0.2, 0) is 27.2 Å². The van der Waals surface area contributed by atoms with E-state index in [0.717, 1.165) is 11.3 Å². The molecule has 0 bridgehead atoms. The number of amides is 1. The van der Waals surface area contributed by atoms with E-state index in [-0.39, 0.29) is 5.91 Å². The minimum Gasteiger partial charge on any atom is -0.465 e. The van der Waals surface area contributed by atoms with Crippen molar-refractivity contribution in [2.24, 2.45) is 0 Å². The van der Waals surface area contributed by atoms with Gasteiger partial charge in [-0.15, -0.1) is 0 Å². The van der Waals surface area contributed by atoms with Crippen molar-refractivity contribution < 1.29 is 23.1 Å². The number of methoxy groups -OCH3 is 1. The molecule has 8 nitrogen and oxygen atoms in total. The fourth-order valence-corrected chi connectivity index (χ4v) is 5.64. The molecule has 1 atom stereocenters. The molecule has 5 aromatic rings. The maximum absolute atomic E-state index is 12.8. The van der Waals surface area contributed by atoms with Crippen molar-refractivity contribution in [1.82, 2.24) is 4.98 Å². The summed E-state index contributed by atoms with van der Waals surface area (Å²) in [5.74, 6) is -0.0806. The van der Waals surface area contributed by atoms with E-state index in [2.05, 4.69) is 0 Å². The quantitative estimate of drug-likeness (QED) is 0.235. The van der Waals surface area contributed by atoms with Gasteiger partial charge in [0.15, 0.2) is 0 Å². The van der Waals surface area contributed by atoms with Crippen molar-refractivity contribution >= 4 is 67.7 Å². The number of rotatable bonds is 5. The third-order valence-corrected chi connectivity index (χ3v) is 7.35. The second-order valence-corrected chi connectivity index (χ2v) is 9.57. The van der Waals surface area contributed by atoms with Crippen molar-refractivity contribution in [3.8, 4) is 0 Å². The predicted molar refractivity (Wildman–Crippen MR) is 147 cm³/mol. The maximum atomic E-state index is 12.8. The molecular formula is C29H21N3O5S. The second kappa shape index (κ2) is 9.37. The number of fused-ring (bicyclic) bond motifs is 3. The summed E-state index contributed by atoms with van der Waals surface area (Å²) >= 11 is -2.45. The molecule has 1 aliphatic rings. The Kier molecular flexibility index (Phi) is 5.86. The van der Waals surface area contributed by atoms with Gasteiger partial charge in [0.05, 0.1) is 41.7 Å². The van der Waals surface area contributed by atoms with Crippen LogP contribution < -0.4 is 9.21 Å². The van der Waals surface area contributed by atoms with Crippen LogP contribution in [0, 0.1) is 0 Å². The summed E-state index contributed by atoms with van der Waals surface area (Å²) in [6.07, 6.45) is 0.307. The molecule has 4 aromatic carbocycles. The van der Waals surface area contributed by atoms with E-state index >= 15 is 0 Å². The molecule has 9 heteroatoms. The van der Waals surface area contributed by atoms with Crippen molar-refractivity contribution in [3.63, 3.8) is 0 Å². The van der Waals surface area contributed by atoms with Crippen LogP contribution in [0.4, 0.5) is 22.9 Å². The van der Waals surface area contributed by atoms with Gasteiger partial charge in [0, 0.05) is 10.8 Å². The molecule has 2 heterocycles. The van der Waals surface area contributed by atoms with Crippen LogP contribution in [0.5, 0.6) is 0 Å². The smallest absolute Gasteiger partial charge is 0.338 e. The fourth-order valence-electron chi connectivity index (χ4n) is 4.98. The molecule has 1 aromatic heterocycles. The lowest BCUT2D eigenvalue weighted by atomic mass is 10.0. The molecule has 1 aliphatic heterocycles. The number of nitrogens with zero attached hydrogens (tertiary/aromatic N) is 3. The monoisotopic (exact) mass is 523 g/mol. The van der Waals surface area contributed by atoms with Crippen LogP contribution >= 0.6 is 0 Å². The average molecular weight is 524 g/mol. The van der Waals surface area contributed by atoms with E-state index in [9.17, 15) is 18.4 Å². The van der Waals surface area contributed by atoms with Crippen molar-refractivity contribution in [3.05, 3.63) is 102 Å². The van der Waals surface area contributed by atoms with E-state index < -0.39 is 17.2 Å². The van der Waals surface area contributed by atoms with Gasteiger partial charge in [-0.25, -0.2) is 18.3 Å². The number of para-hydroxylation sites is 1. The normalized spacial score (nSPS) is 13.5. The highest BCUT2D eigenvalue weighted by Crippen LogP contribution is 2.40. The number of aromatic nitrogens is 1. The number of pyridine rings is 1. The summed E-state index contributed by atoms with van der Waals surface area (Å²) < 4.78 is 29.5. The largest absolute Gasteiger partial charge is 0.465 e. The molecule has 1 N–H and O–H groups in total. The lowest BCUT2D eigenvalue weighted by molar-refractivity contribution is -0.116. The summed E-state index contributed by atoms with van der Waals surface area (Å²) in [6.45, 7) is 0. The molecule has 0 saturated heterocycles. The van der Waals surface area contributed by atoms with Crippen LogP contribution in [0.1, 0.15) is 15.9 Å². The van der Waals surface area contributed by atoms with E-state index in [0.29, 0.717) is 50.9 Å². The van der Waals surface area contributed by atoms with Gasteiger partial charge in [0.25, 0.3) is 11.3 Å². The summed E-state index contributed by atoms with van der Waals surface area (Å²) in [6, 6.07) is 26.8. The van der Waals surface area contributed by atoms with Gasteiger partial charge in [-0.2, -0.15) is 0 Å². The fraction of sp³-hybridized carbons (Fsp3) is 0.0690. The summed E-state index contributed by atoms with van der Waals surface area (Å²) in [4.78, 5) is 31.5. The molecule has 0 saturated carbocycles. The molecule has 0 spiro atoms. The number of ether oxygens (including phenoxy) is 1. The Hall–Kier alpha value is -4.60. The molecule has 0 aliphatic carbocycles. The van der Waals surface area contributed by atoms with Crippen LogP contribution in [0.3, 0.4) is 0 Å². The highest BCUT2D eigenvalue weighted by Gasteiger charge is 2.29. The number of carbonyl (C=O) groups excluding carboxylic acids is 2. The topological polar surface area (TPSA) is 100 Å². The first-order valence-electron chi connectivity index (χ1n) is 11.8. The number of benzene rings is 4. The van der Waals surface area contributed by atoms with Gasteiger partial charge in [0.2, 0.25) is 5.91 Å². The van der Waals surface area contributed by atoms with E-state index in [1.165, 1.54) is 11.4 Å².